The van der Waals surface area contributed by atoms with Gasteiger partial charge in [0.15, 0.2) is 0 Å². The lowest BCUT2D eigenvalue weighted by Gasteiger charge is -2.04. The van der Waals surface area contributed by atoms with Crippen molar-refractivity contribution in [1.29, 1.82) is 0 Å². The van der Waals surface area contributed by atoms with Crippen LogP contribution in [0.25, 0.3) is 0 Å². The fourth-order valence-electron chi connectivity index (χ4n) is 1.41. The van der Waals surface area contributed by atoms with E-state index in [1.807, 2.05) is 30.5 Å². The van der Waals surface area contributed by atoms with Crippen molar-refractivity contribution in [1.82, 2.24) is 0 Å². The lowest BCUT2D eigenvalue weighted by molar-refractivity contribution is 0.103. The molecule has 82 valence electrons. The normalized spacial score (nSPS) is 10.1. The zero-order valence-corrected chi connectivity index (χ0v) is 9.67. The molecule has 3 nitrogen and oxygen atoms in total. The van der Waals surface area contributed by atoms with E-state index in [1.165, 1.54) is 11.3 Å². The van der Waals surface area contributed by atoms with Gasteiger partial charge in [-0.15, -0.1) is 11.3 Å². The van der Waals surface area contributed by atoms with Crippen LogP contribution in [-0.2, 0) is 0 Å². The maximum atomic E-state index is 11.9. The predicted octanol–water partition coefficient (Wildman–Crippen LogP) is 2.89. The Morgan fingerprint density at radius 2 is 2.19 bits per heavy atom. The molecule has 1 aromatic heterocycles. The van der Waals surface area contributed by atoms with Gasteiger partial charge in [0.25, 0.3) is 5.91 Å². The molecule has 0 aliphatic rings. The van der Waals surface area contributed by atoms with Gasteiger partial charge in [0.2, 0.25) is 0 Å². The van der Waals surface area contributed by atoms with E-state index in [0.717, 1.165) is 16.1 Å². The van der Waals surface area contributed by atoms with Gasteiger partial charge in [-0.2, -0.15) is 0 Å². The van der Waals surface area contributed by atoms with Gasteiger partial charge in [0, 0.05) is 11.4 Å². The third-order valence-electron chi connectivity index (χ3n) is 2.21. The highest BCUT2D eigenvalue weighted by atomic mass is 32.1. The Kier molecular flexibility index (Phi) is 2.92. The van der Waals surface area contributed by atoms with Crippen LogP contribution in [-0.4, -0.2) is 5.91 Å². The highest BCUT2D eigenvalue weighted by Gasteiger charge is 2.10. The first-order valence-electron chi connectivity index (χ1n) is 4.88. The van der Waals surface area contributed by atoms with Crippen molar-refractivity contribution in [3.63, 3.8) is 0 Å². The summed E-state index contributed by atoms with van der Waals surface area (Å²) < 4.78 is 0. The average Bonchev–Trinajstić information content (AvgIpc) is 2.64. The third-order valence-corrected chi connectivity index (χ3v) is 3.23. The summed E-state index contributed by atoms with van der Waals surface area (Å²) in [6.45, 7) is 1.92. The molecule has 0 aliphatic carbocycles. The molecule has 0 saturated carbocycles. The maximum absolute atomic E-state index is 11.9. The van der Waals surface area contributed by atoms with Crippen LogP contribution >= 0.6 is 11.3 Å². The van der Waals surface area contributed by atoms with Crippen molar-refractivity contribution < 1.29 is 4.79 Å². The number of nitrogens with one attached hydrogen (secondary N) is 1. The Hall–Kier alpha value is -1.81. The van der Waals surface area contributed by atoms with Gasteiger partial charge in [0.05, 0.1) is 4.88 Å². The second kappa shape index (κ2) is 4.37. The molecule has 0 aliphatic heterocycles. The summed E-state index contributed by atoms with van der Waals surface area (Å²) in [4.78, 5) is 12.6. The highest BCUT2D eigenvalue weighted by molar-refractivity contribution is 7.12. The van der Waals surface area contributed by atoms with E-state index in [-0.39, 0.29) is 5.91 Å². The highest BCUT2D eigenvalue weighted by Crippen LogP contribution is 2.18. The summed E-state index contributed by atoms with van der Waals surface area (Å²) in [5.74, 6) is -0.0851. The molecule has 2 rings (SSSR count). The van der Waals surface area contributed by atoms with E-state index in [4.69, 9.17) is 5.73 Å². The van der Waals surface area contributed by atoms with Crippen molar-refractivity contribution in [3.8, 4) is 0 Å². The van der Waals surface area contributed by atoms with Crippen molar-refractivity contribution in [3.05, 3.63) is 46.2 Å². The first-order valence-corrected chi connectivity index (χ1v) is 5.76. The third kappa shape index (κ3) is 2.23. The van der Waals surface area contributed by atoms with Crippen LogP contribution < -0.4 is 11.1 Å². The number of anilines is 2. The molecule has 0 unspecified atom stereocenters. The number of nitrogens with two attached hydrogens (primary N) is 1. The Labute approximate surface area is 97.9 Å². The van der Waals surface area contributed by atoms with Crippen molar-refractivity contribution in [2.24, 2.45) is 0 Å². The predicted molar refractivity (Wildman–Crippen MR) is 67.9 cm³/mol. The Bertz CT molecular complexity index is 519. The molecule has 0 fully saturated rings. The molecule has 0 bridgehead atoms. The summed E-state index contributed by atoms with van der Waals surface area (Å²) in [5.41, 5.74) is 7.99. The molecule has 1 aromatic carbocycles. The number of amides is 1. The van der Waals surface area contributed by atoms with Gasteiger partial charge in [-0.25, -0.2) is 0 Å². The van der Waals surface area contributed by atoms with E-state index < -0.39 is 0 Å². The second-order valence-electron chi connectivity index (χ2n) is 3.51. The van der Waals surface area contributed by atoms with E-state index in [2.05, 4.69) is 5.32 Å². The molecule has 3 N–H and O–H groups in total. The molecule has 4 heteroatoms. The fraction of sp³-hybridized carbons (Fsp3) is 0.0833. The molecule has 1 amide bonds. The minimum absolute atomic E-state index is 0.0851. The molecule has 16 heavy (non-hydrogen) atoms. The number of hydrogen-bond acceptors (Lipinski definition) is 3. The number of aryl methyl sites for hydroxylation is 1. The lowest BCUT2D eigenvalue weighted by atomic mass is 10.2. The molecular weight excluding hydrogens is 220 g/mol. The Morgan fingerprint density at radius 3 is 2.81 bits per heavy atom. The zero-order chi connectivity index (χ0) is 11.5. The smallest absolute Gasteiger partial charge is 0.265 e. The van der Waals surface area contributed by atoms with Crippen LogP contribution in [0.1, 0.15) is 15.2 Å². The zero-order valence-electron chi connectivity index (χ0n) is 8.86. The monoisotopic (exact) mass is 232 g/mol. The van der Waals surface area contributed by atoms with Gasteiger partial charge in [-0.3, -0.25) is 4.79 Å². The standard InChI is InChI=1S/C12H12N2OS/c1-8-5-6-16-11(8)12(15)14-10-4-2-3-9(13)7-10/h2-7H,13H2,1H3,(H,14,15). The second-order valence-corrected chi connectivity index (χ2v) is 4.43. The molecule has 0 atom stereocenters. The topological polar surface area (TPSA) is 55.1 Å². The van der Waals surface area contributed by atoms with E-state index >= 15 is 0 Å². The van der Waals surface area contributed by atoms with Gasteiger partial charge in [0.1, 0.15) is 0 Å². The minimum Gasteiger partial charge on any atom is -0.399 e. The van der Waals surface area contributed by atoms with Gasteiger partial charge in [-0.05, 0) is 42.1 Å². The van der Waals surface area contributed by atoms with Crippen LogP contribution in [0.5, 0.6) is 0 Å². The molecule has 0 radical (unpaired) electrons. The number of benzene rings is 1. The van der Waals surface area contributed by atoms with Crippen molar-refractivity contribution >= 4 is 28.6 Å². The van der Waals surface area contributed by atoms with E-state index in [0.29, 0.717) is 5.69 Å². The molecule has 0 spiro atoms. The van der Waals surface area contributed by atoms with E-state index in [1.54, 1.807) is 12.1 Å². The summed E-state index contributed by atoms with van der Waals surface area (Å²) >= 11 is 1.44. The van der Waals surface area contributed by atoms with Gasteiger partial charge >= 0.3 is 0 Å². The number of carbonyl (C=O) groups is 1. The Morgan fingerprint density at radius 1 is 1.38 bits per heavy atom. The number of hydrogen-bond donors (Lipinski definition) is 2. The number of rotatable bonds is 2. The summed E-state index contributed by atoms with van der Waals surface area (Å²) in [7, 11) is 0. The molecule has 1 heterocycles. The van der Waals surface area contributed by atoms with Crippen LogP contribution in [0.15, 0.2) is 35.7 Å². The lowest BCUT2D eigenvalue weighted by Crippen LogP contribution is -2.11. The van der Waals surface area contributed by atoms with Crippen LogP contribution in [0.4, 0.5) is 11.4 Å². The average molecular weight is 232 g/mol. The van der Waals surface area contributed by atoms with Crippen molar-refractivity contribution in [2.75, 3.05) is 11.1 Å². The quantitative estimate of drug-likeness (QED) is 0.782. The largest absolute Gasteiger partial charge is 0.399 e. The van der Waals surface area contributed by atoms with E-state index in [9.17, 15) is 4.79 Å². The SMILES string of the molecule is Cc1ccsc1C(=O)Nc1cccc(N)c1. The van der Waals surface area contributed by atoms with Crippen LogP contribution in [0.3, 0.4) is 0 Å². The van der Waals surface area contributed by atoms with Crippen LogP contribution in [0, 0.1) is 6.92 Å². The number of thiophene rings is 1. The fourth-order valence-corrected chi connectivity index (χ4v) is 2.23. The van der Waals surface area contributed by atoms with Crippen LogP contribution in [0.2, 0.25) is 0 Å². The summed E-state index contributed by atoms with van der Waals surface area (Å²) in [6, 6.07) is 9.08. The molecule has 2 aromatic rings. The van der Waals surface area contributed by atoms with Gasteiger partial charge < -0.3 is 11.1 Å². The minimum atomic E-state index is -0.0851. The Balaban J connectivity index is 2.17. The maximum Gasteiger partial charge on any atom is 0.265 e. The molecule has 0 saturated heterocycles. The summed E-state index contributed by atoms with van der Waals surface area (Å²) in [5, 5.41) is 4.72. The van der Waals surface area contributed by atoms with Gasteiger partial charge in [-0.1, -0.05) is 6.07 Å². The number of nitrogen functional groups attached to an aromatic ring is 1. The first kappa shape index (κ1) is 10.7. The van der Waals surface area contributed by atoms with Crippen molar-refractivity contribution in [2.45, 2.75) is 6.92 Å². The molecular formula is C12H12N2OS. The first-order chi connectivity index (χ1) is 7.66. The number of carbonyl (C=O) groups excluding carboxylic acids is 1. The summed E-state index contributed by atoms with van der Waals surface area (Å²) in [6.07, 6.45) is 0.